The topological polar surface area (TPSA) is 42.0 Å². The summed E-state index contributed by atoms with van der Waals surface area (Å²) in [6.07, 6.45) is 6.81. The van der Waals surface area contributed by atoms with E-state index in [1.165, 1.54) is 25.5 Å². The van der Waals surface area contributed by atoms with Gasteiger partial charge in [0.15, 0.2) is 0 Å². The maximum absolute atomic E-state index is 11.7. The summed E-state index contributed by atoms with van der Waals surface area (Å²) in [7, 11) is 0. The van der Waals surface area contributed by atoms with Crippen molar-refractivity contribution in [1.82, 2.24) is 10.3 Å². The number of nitrogens with one attached hydrogen (secondary N) is 1. The van der Waals surface area contributed by atoms with Gasteiger partial charge in [-0.15, -0.1) is 0 Å². The van der Waals surface area contributed by atoms with Crippen LogP contribution in [0.5, 0.6) is 0 Å². The Hall–Kier alpha value is -1.09. The highest BCUT2D eigenvalue weighted by Gasteiger charge is 2.18. The second-order valence-corrected chi connectivity index (χ2v) is 4.27. The molecule has 0 atom stereocenters. The molecule has 0 saturated heterocycles. The van der Waals surface area contributed by atoms with Crippen LogP contribution < -0.4 is 5.32 Å². The van der Waals surface area contributed by atoms with Crippen LogP contribution in [0.25, 0.3) is 0 Å². The van der Waals surface area contributed by atoms with Gasteiger partial charge in [0.1, 0.15) is 0 Å². The van der Waals surface area contributed by atoms with Crippen LogP contribution in [-0.4, -0.2) is 17.4 Å². The average molecular weight is 225 g/mol. The molecule has 1 heterocycles. The van der Waals surface area contributed by atoms with Gasteiger partial charge in [0, 0.05) is 18.9 Å². The third kappa shape index (κ3) is 2.48. The zero-order chi connectivity index (χ0) is 10.7. The number of pyridine rings is 1. The zero-order valence-electron chi connectivity index (χ0n) is 8.37. The van der Waals surface area contributed by atoms with E-state index in [0.717, 1.165) is 6.54 Å². The van der Waals surface area contributed by atoms with Gasteiger partial charge < -0.3 is 5.32 Å². The summed E-state index contributed by atoms with van der Waals surface area (Å²) >= 11 is 5.88. The monoisotopic (exact) mass is 224 g/mol. The molecule has 15 heavy (non-hydrogen) atoms. The molecule has 1 aliphatic carbocycles. The first-order valence-corrected chi connectivity index (χ1v) is 5.53. The number of hydrogen-bond acceptors (Lipinski definition) is 2. The lowest BCUT2D eigenvalue weighted by atomic mass is 9.85. The number of nitrogens with zero attached hydrogens (tertiary/aromatic N) is 1. The molecule has 1 saturated carbocycles. The number of amides is 1. The number of hydrogen-bond donors (Lipinski definition) is 1. The quantitative estimate of drug-likeness (QED) is 0.856. The molecule has 0 spiro atoms. The van der Waals surface area contributed by atoms with Crippen LogP contribution in [0.4, 0.5) is 0 Å². The van der Waals surface area contributed by atoms with Crippen molar-refractivity contribution in [1.29, 1.82) is 0 Å². The third-order valence-corrected chi connectivity index (χ3v) is 3.12. The molecule has 3 nitrogen and oxygen atoms in total. The van der Waals surface area contributed by atoms with Crippen molar-refractivity contribution in [2.45, 2.75) is 19.3 Å². The van der Waals surface area contributed by atoms with Crippen LogP contribution in [0.2, 0.25) is 5.02 Å². The maximum atomic E-state index is 11.7. The van der Waals surface area contributed by atoms with Gasteiger partial charge in [0.05, 0.1) is 10.6 Å². The van der Waals surface area contributed by atoms with Gasteiger partial charge in [-0.05, 0) is 24.8 Å². The Morgan fingerprint density at radius 1 is 1.60 bits per heavy atom. The molecule has 1 aliphatic rings. The first-order chi connectivity index (χ1) is 7.27. The van der Waals surface area contributed by atoms with E-state index in [4.69, 9.17) is 11.6 Å². The Morgan fingerprint density at radius 2 is 2.40 bits per heavy atom. The Bertz CT molecular complexity index is 363. The SMILES string of the molecule is O=C(NCC1CCC1)c1cnccc1Cl. The molecule has 1 N–H and O–H groups in total. The van der Waals surface area contributed by atoms with Gasteiger partial charge in [-0.25, -0.2) is 0 Å². The van der Waals surface area contributed by atoms with E-state index in [-0.39, 0.29) is 5.91 Å². The molecule has 1 fully saturated rings. The van der Waals surface area contributed by atoms with E-state index in [2.05, 4.69) is 10.3 Å². The van der Waals surface area contributed by atoms with Crippen LogP contribution in [0.1, 0.15) is 29.6 Å². The largest absolute Gasteiger partial charge is 0.352 e. The fourth-order valence-electron chi connectivity index (χ4n) is 1.57. The number of aromatic nitrogens is 1. The Morgan fingerprint density at radius 3 is 3.00 bits per heavy atom. The molecule has 2 rings (SSSR count). The molecular weight excluding hydrogens is 212 g/mol. The highest BCUT2D eigenvalue weighted by Crippen LogP contribution is 2.25. The van der Waals surface area contributed by atoms with Gasteiger partial charge in [0.25, 0.3) is 5.91 Å². The molecule has 0 bridgehead atoms. The van der Waals surface area contributed by atoms with Gasteiger partial charge in [-0.1, -0.05) is 18.0 Å². The van der Waals surface area contributed by atoms with Crippen LogP contribution in [-0.2, 0) is 0 Å². The number of carbonyl (C=O) groups excluding carboxylic acids is 1. The molecule has 0 radical (unpaired) electrons. The highest BCUT2D eigenvalue weighted by atomic mass is 35.5. The maximum Gasteiger partial charge on any atom is 0.254 e. The molecule has 0 unspecified atom stereocenters. The molecule has 80 valence electrons. The Balaban J connectivity index is 1.92. The predicted molar refractivity (Wildman–Crippen MR) is 58.9 cm³/mol. The summed E-state index contributed by atoms with van der Waals surface area (Å²) in [5.41, 5.74) is 0.457. The fourth-order valence-corrected chi connectivity index (χ4v) is 1.76. The molecule has 0 aliphatic heterocycles. The number of carbonyl (C=O) groups is 1. The first kappa shape index (κ1) is 10.4. The highest BCUT2D eigenvalue weighted by molar-refractivity contribution is 6.33. The Kier molecular flexibility index (Phi) is 3.21. The van der Waals surface area contributed by atoms with E-state index in [1.54, 1.807) is 12.3 Å². The van der Waals surface area contributed by atoms with Gasteiger partial charge in [-0.3, -0.25) is 9.78 Å². The second-order valence-electron chi connectivity index (χ2n) is 3.86. The lowest BCUT2D eigenvalue weighted by Gasteiger charge is -2.25. The van der Waals surface area contributed by atoms with Gasteiger partial charge in [-0.2, -0.15) is 0 Å². The van der Waals surface area contributed by atoms with E-state index in [1.807, 2.05) is 0 Å². The van der Waals surface area contributed by atoms with Crippen molar-refractivity contribution >= 4 is 17.5 Å². The van der Waals surface area contributed by atoms with E-state index < -0.39 is 0 Å². The predicted octanol–water partition coefficient (Wildman–Crippen LogP) is 2.26. The van der Waals surface area contributed by atoms with E-state index >= 15 is 0 Å². The molecule has 1 amide bonds. The minimum absolute atomic E-state index is 0.125. The molecular formula is C11H13ClN2O. The third-order valence-electron chi connectivity index (χ3n) is 2.79. The second kappa shape index (κ2) is 4.62. The van der Waals surface area contributed by atoms with Crippen molar-refractivity contribution < 1.29 is 4.79 Å². The Labute approximate surface area is 93.8 Å². The fraction of sp³-hybridized carbons (Fsp3) is 0.455. The summed E-state index contributed by atoms with van der Waals surface area (Å²) in [6.45, 7) is 0.754. The van der Waals surface area contributed by atoms with Crippen molar-refractivity contribution in [3.8, 4) is 0 Å². The van der Waals surface area contributed by atoms with Crippen molar-refractivity contribution in [2.75, 3.05) is 6.54 Å². The van der Waals surface area contributed by atoms with Gasteiger partial charge in [0.2, 0.25) is 0 Å². The number of halogens is 1. The van der Waals surface area contributed by atoms with Crippen LogP contribution in [0, 0.1) is 5.92 Å². The lowest BCUT2D eigenvalue weighted by Crippen LogP contribution is -2.32. The smallest absolute Gasteiger partial charge is 0.254 e. The molecule has 0 aromatic carbocycles. The normalized spacial score (nSPS) is 15.8. The van der Waals surface area contributed by atoms with E-state index in [9.17, 15) is 4.79 Å². The lowest BCUT2D eigenvalue weighted by molar-refractivity contribution is 0.0939. The van der Waals surface area contributed by atoms with E-state index in [0.29, 0.717) is 16.5 Å². The summed E-state index contributed by atoms with van der Waals surface area (Å²) in [5.74, 6) is 0.532. The van der Waals surface area contributed by atoms with Crippen LogP contribution in [0.15, 0.2) is 18.5 Å². The first-order valence-electron chi connectivity index (χ1n) is 5.15. The molecule has 1 aromatic heterocycles. The standard InChI is InChI=1S/C11H13ClN2O/c12-10-4-5-13-7-9(10)11(15)14-6-8-2-1-3-8/h4-5,7-8H,1-3,6H2,(H,14,15). The summed E-state index contributed by atoms with van der Waals surface area (Å²) in [5, 5.41) is 3.33. The van der Waals surface area contributed by atoms with Crippen molar-refractivity contribution in [3.05, 3.63) is 29.0 Å². The van der Waals surface area contributed by atoms with Crippen LogP contribution >= 0.6 is 11.6 Å². The van der Waals surface area contributed by atoms with Crippen LogP contribution in [0.3, 0.4) is 0 Å². The molecule has 4 heteroatoms. The molecule has 1 aromatic rings. The minimum Gasteiger partial charge on any atom is -0.352 e. The number of rotatable bonds is 3. The zero-order valence-corrected chi connectivity index (χ0v) is 9.13. The summed E-state index contributed by atoms with van der Waals surface area (Å²) in [6, 6.07) is 1.62. The van der Waals surface area contributed by atoms with Crippen molar-refractivity contribution in [2.24, 2.45) is 5.92 Å². The van der Waals surface area contributed by atoms with Gasteiger partial charge >= 0.3 is 0 Å². The summed E-state index contributed by atoms with van der Waals surface area (Å²) in [4.78, 5) is 15.6. The minimum atomic E-state index is -0.125. The van der Waals surface area contributed by atoms with Crippen molar-refractivity contribution in [3.63, 3.8) is 0 Å². The average Bonchev–Trinajstić information content (AvgIpc) is 2.16. The summed E-state index contributed by atoms with van der Waals surface area (Å²) < 4.78 is 0.